The minimum atomic E-state index is 0.490. The topological polar surface area (TPSA) is 17.1 Å². The smallest absolute Gasteiger partial charge is 0.133 e. The third kappa shape index (κ3) is 2.13. The first kappa shape index (κ1) is 7.77. The lowest BCUT2D eigenvalue weighted by Crippen LogP contribution is -2.14. The van der Waals surface area contributed by atoms with Crippen LogP contribution in [0.2, 0.25) is 0 Å². The fourth-order valence-corrected chi connectivity index (χ4v) is 1.77. The lowest BCUT2D eigenvalue weighted by atomic mass is 9.85. The molecule has 0 amide bonds. The highest BCUT2D eigenvalue weighted by Crippen LogP contribution is 2.24. The van der Waals surface area contributed by atoms with E-state index in [1.165, 1.54) is 19.3 Å². The van der Waals surface area contributed by atoms with Crippen molar-refractivity contribution in [2.45, 2.75) is 45.4 Å². The summed E-state index contributed by atoms with van der Waals surface area (Å²) >= 11 is 0. The Morgan fingerprint density at radius 2 is 2.40 bits per heavy atom. The van der Waals surface area contributed by atoms with Gasteiger partial charge in [-0.1, -0.05) is 19.8 Å². The van der Waals surface area contributed by atoms with Crippen LogP contribution in [-0.2, 0) is 4.79 Å². The van der Waals surface area contributed by atoms with Crippen molar-refractivity contribution in [3.8, 4) is 0 Å². The number of rotatable bonds is 2. The van der Waals surface area contributed by atoms with E-state index >= 15 is 0 Å². The third-order valence-electron chi connectivity index (χ3n) is 2.28. The second-order valence-corrected chi connectivity index (χ2v) is 3.29. The Morgan fingerprint density at radius 1 is 1.60 bits per heavy atom. The summed E-state index contributed by atoms with van der Waals surface area (Å²) in [6, 6.07) is 0. The maximum Gasteiger partial charge on any atom is 0.133 e. The Kier molecular flexibility index (Phi) is 2.91. The van der Waals surface area contributed by atoms with Gasteiger partial charge in [0.25, 0.3) is 0 Å². The molecule has 0 spiro atoms. The van der Waals surface area contributed by atoms with E-state index in [2.05, 4.69) is 6.92 Å². The van der Waals surface area contributed by atoms with Crippen LogP contribution in [-0.4, -0.2) is 5.78 Å². The van der Waals surface area contributed by atoms with Gasteiger partial charge in [0.1, 0.15) is 5.78 Å². The van der Waals surface area contributed by atoms with E-state index in [1.807, 2.05) is 0 Å². The van der Waals surface area contributed by atoms with Crippen molar-refractivity contribution < 1.29 is 4.79 Å². The summed E-state index contributed by atoms with van der Waals surface area (Å²) in [7, 11) is 0. The quantitative estimate of drug-likeness (QED) is 0.576. The van der Waals surface area contributed by atoms with Gasteiger partial charge in [-0.15, -0.1) is 0 Å². The molecule has 1 nitrogen and oxygen atoms in total. The summed E-state index contributed by atoms with van der Waals surface area (Å²) < 4.78 is 0. The maximum absolute atomic E-state index is 10.9. The molecule has 1 atom stereocenters. The molecule has 0 heterocycles. The van der Waals surface area contributed by atoms with Crippen LogP contribution in [0.25, 0.3) is 0 Å². The molecular formula is C9H16O. The molecular weight excluding hydrogens is 124 g/mol. The van der Waals surface area contributed by atoms with Gasteiger partial charge < -0.3 is 0 Å². The van der Waals surface area contributed by atoms with E-state index in [-0.39, 0.29) is 0 Å². The first-order chi connectivity index (χ1) is 4.83. The van der Waals surface area contributed by atoms with Crippen LogP contribution in [0, 0.1) is 5.92 Å². The average Bonchev–Trinajstić information content (AvgIpc) is 1.88. The van der Waals surface area contributed by atoms with Crippen LogP contribution >= 0.6 is 0 Å². The normalized spacial score (nSPS) is 26.9. The third-order valence-corrected chi connectivity index (χ3v) is 2.28. The molecule has 1 saturated carbocycles. The van der Waals surface area contributed by atoms with Crippen molar-refractivity contribution >= 4 is 5.78 Å². The molecule has 0 N–H and O–H groups in total. The highest BCUT2D eigenvalue weighted by Gasteiger charge is 2.17. The SMILES string of the molecule is CCC[C@H]1CCCC(=O)C1. The van der Waals surface area contributed by atoms with Crippen LogP contribution in [0.1, 0.15) is 45.4 Å². The number of hydrogen-bond donors (Lipinski definition) is 0. The number of carbonyl (C=O) groups is 1. The van der Waals surface area contributed by atoms with E-state index in [1.54, 1.807) is 0 Å². The highest BCUT2D eigenvalue weighted by molar-refractivity contribution is 5.79. The molecule has 1 rings (SSSR count). The lowest BCUT2D eigenvalue weighted by Gasteiger charge is -2.19. The second kappa shape index (κ2) is 3.75. The van der Waals surface area contributed by atoms with Crippen LogP contribution in [0.15, 0.2) is 0 Å². The van der Waals surface area contributed by atoms with E-state index < -0.39 is 0 Å². The van der Waals surface area contributed by atoms with Crippen molar-refractivity contribution in [3.05, 3.63) is 0 Å². The van der Waals surface area contributed by atoms with Gasteiger partial charge in [0.15, 0.2) is 0 Å². The fraction of sp³-hybridized carbons (Fsp3) is 0.889. The summed E-state index contributed by atoms with van der Waals surface area (Å²) in [5.74, 6) is 1.22. The van der Waals surface area contributed by atoms with Crippen LogP contribution in [0.4, 0.5) is 0 Å². The average molecular weight is 140 g/mol. The number of hydrogen-bond acceptors (Lipinski definition) is 1. The molecule has 1 aliphatic carbocycles. The van der Waals surface area contributed by atoms with Gasteiger partial charge in [0.2, 0.25) is 0 Å². The van der Waals surface area contributed by atoms with E-state index in [9.17, 15) is 4.79 Å². The van der Waals surface area contributed by atoms with Gasteiger partial charge in [-0.05, 0) is 18.8 Å². The first-order valence-electron chi connectivity index (χ1n) is 4.34. The molecule has 10 heavy (non-hydrogen) atoms. The van der Waals surface area contributed by atoms with Crippen molar-refractivity contribution in [3.63, 3.8) is 0 Å². The van der Waals surface area contributed by atoms with Crippen LogP contribution in [0.3, 0.4) is 0 Å². The predicted molar refractivity (Wildman–Crippen MR) is 41.9 cm³/mol. The molecule has 0 aromatic rings. The van der Waals surface area contributed by atoms with Crippen LogP contribution in [0.5, 0.6) is 0 Å². The Bertz CT molecular complexity index is 116. The van der Waals surface area contributed by atoms with Gasteiger partial charge in [-0.3, -0.25) is 4.79 Å². The Labute approximate surface area is 62.8 Å². The largest absolute Gasteiger partial charge is 0.300 e. The summed E-state index contributed by atoms with van der Waals surface area (Å²) in [5.41, 5.74) is 0. The monoisotopic (exact) mass is 140 g/mol. The highest BCUT2D eigenvalue weighted by atomic mass is 16.1. The predicted octanol–water partition coefficient (Wildman–Crippen LogP) is 2.55. The summed E-state index contributed by atoms with van der Waals surface area (Å²) in [4.78, 5) is 10.9. The minimum absolute atomic E-state index is 0.490. The number of Topliss-reactive ketones (excluding diaryl/α,β-unsaturated/α-hetero) is 1. The zero-order valence-corrected chi connectivity index (χ0v) is 6.73. The van der Waals surface area contributed by atoms with Gasteiger partial charge in [0.05, 0.1) is 0 Å². The maximum atomic E-state index is 10.9. The first-order valence-corrected chi connectivity index (χ1v) is 4.34. The van der Waals surface area contributed by atoms with Crippen molar-refractivity contribution in [1.82, 2.24) is 0 Å². The molecule has 1 aliphatic rings. The standard InChI is InChI=1S/C9H16O/c1-2-4-8-5-3-6-9(10)7-8/h8H,2-7H2,1H3/t8-/m0/s1. The Hall–Kier alpha value is -0.330. The molecule has 0 aromatic carbocycles. The molecule has 0 unspecified atom stereocenters. The molecule has 0 aliphatic heterocycles. The van der Waals surface area contributed by atoms with Crippen molar-refractivity contribution in [2.24, 2.45) is 5.92 Å². The van der Waals surface area contributed by atoms with Crippen molar-refractivity contribution in [2.75, 3.05) is 0 Å². The van der Waals surface area contributed by atoms with Crippen LogP contribution < -0.4 is 0 Å². The number of carbonyl (C=O) groups excluding carboxylic acids is 1. The summed E-state index contributed by atoms with van der Waals surface area (Å²) in [6.07, 6.45) is 6.64. The molecule has 0 saturated heterocycles. The molecule has 0 radical (unpaired) electrons. The van der Waals surface area contributed by atoms with Gasteiger partial charge in [0, 0.05) is 12.8 Å². The zero-order chi connectivity index (χ0) is 7.40. The van der Waals surface area contributed by atoms with E-state index in [4.69, 9.17) is 0 Å². The zero-order valence-electron chi connectivity index (χ0n) is 6.73. The van der Waals surface area contributed by atoms with E-state index in [0.717, 1.165) is 25.2 Å². The summed E-state index contributed by atoms with van der Waals surface area (Å²) in [6.45, 7) is 2.19. The minimum Gasteiger partial charge on any atom is -0.300 e. The summed E-state index contributed by atoms with van der Waals surface area (Å²) in [5, 5.41) is 0. The van der Waals surface area contributed by atoms with Gasteiger partial charge in [-0.25, -0.2) is 0 Å². The molecule has 0 aromatic heterocycles. The van der Waals surface area contributed by atoms with Crippen molar-refractivity contribution in [1.29, 1.82) is 0 Å². The molecule has 1 heteroatoms. The molecule has 1 fully saturated rings. The Morgan fingerprint density at radius 3 is 3.00 bits per heavy atom. The second-order valence-electron chi connectivity index (χ2n) is 3.29. The molecule has 58 valence electrons. The van der Waals surface area contributed by atoms with E-state index in [0.29, 0.717) is 5.78 Å². The van der Waals surface area contributed by atoms with Gasteiger partial charge in [-0.2, -0.15) is 0 Å². The van der Waals surface area contributed by atoms with Gasteiger partial charge >= 0.3 is 0 Å². The fourth-order valence-electron chi connectivity index (χ4n) is 1.77. The Balaban J connectivity index is 2.25. The molecule has 0 bridgehead atoms. The number of ketones is 1. The lowest BCUT2D eigenvalue weighted by molar-refractivity contribution is -0.121.